The first-order chi connectivity index (χ1) is 10.1. The predicted molar refractivity (Wildman–Crippen MR) is 81.2 cm³/mol. The number of ether oxygens (including phenoxy) is 1. The van der Waals surface area contributed by atoms with Crippen molar-refractivity contribution in [3.63, 3.8) is 0 Å². The molecule has 0 fully saturated rings. The first-order valence-corrected chi connectivity index (χ1v) is 6.94. The van der Waals surface area contributed by atoms with Crippen LogP contribution in [0.3, 0.4) is 0 Å². The fraction of sp³-hybridized carbons (Fsp3) is 0.200. The lowest BCUT2D eigenvalue weighted by atomic mass is 10.1. The van der Waals surface area contributed by atoms with Gasteiger partial charge in [-0.05, 0) is 17.7 Å². The summed E-state index contributed by atoms with van der Waals surface area (Å²) in [4.78, 5) is 10.6. The van der Waals surface area contributed by atoms with Crippen molar-refractivity contribution in [2.75, 3.05) is 11.9 Å². The van der Waals surface area contributed by atoms with Gasteiger partial charge in [0.25, 0.3) is 5.69 Å². The van der Waals surface area contributed by atoms with Crippen LogP contribution in [-0.4, -0.2) is 17.6 Å². The van der Waals surface area contributed by atoms with Crippen molar-refractivity contribution < 1.29 is 9.66 Å². The second-order valence-corrected chi connectivity index (χ2v) is 5.23. The third-order valence-electron chi connectivity index (χ3n) is 3.41. The zero-order valence-corrected chi connectivity index (χ0v) is 11.8. The van der Waals surface area contributed by atoms with Crippen molar-refractivity contribution in [1.82, 2.24) is 0 Å². The van der Waals surface area contributed by atoms with Crippen LogP contribution in [-0.2, 0) is 6.42 Å². The van der Waals surface area contributed by atoms with E-state index in [1.165, 1.54) is 6.07 Å². The number of hydrogen-bond acceptors (Lipinski definition) is 4. The van der Waals surface area contributed by atoms with Crippen LogP contribution in [0.1, 0.15) is 5.56 Å². The maximum absolute atomic E-state index is 11.0. The van der Waals surface area contributed by atoms with Gasteiger partial charge in [0, 0.05) is 12.5 Å². The predicted octanol–water partition coefficient (Wildman–Crippen LogP) is 3.66. The van der Waals surface area contributed by atoms with Gasteiger partial charge in [-0.25, -0.2) is 0 Å². The molecule has 0 saturated carbocycles. The highest BCUT2D eigenvalue weighted by Gasteiger charge is 2.24. The minimum absolute atomic E-state index is 0.0296. The Kier molecular flexibility index (Phi) is 3.66. The number of nitrogens with one attached hydrogen (secondary N) is 1. The SMILES string of the molecule is O=[N+]([O-])c1cccc(Cl)c1NCC1Cc2ccccc2O1. The first kappa shape index (κ1) is 13.7. The topological polar surface area (TPSA) is 64.4 Å². The van der Waals surface area contributed by atoms with E-state index in [0.717, 1.165) is 17.7 Å². The number of para-hydroxylation sites is 2. The second-order valence-electron chi connectivity index (χ2n) is 4.82. The molecule has 1 aliphatic rings. The van der Waals surface area contributed by atoms with Crippen LogP contribution in [0.5, 0.6) is 5.75 Å². The Balaban J connectivity index is 1.71. The summed E-state index contributed by atoms with van der Waals surface area (Å²) >= 11 is 6.04. The quantitative estimate of drug-likeness (QED) is 0.691. The number of nitrogens with zero attached hydrogens (tertiary/aromatic N) is 1. The van der Waals surface area contributed by atoms with Crippen LogP contribution < -0.4 is 10.1 Å². The minimum atomic E-state index is -0.446. The zero-order valence-electron chi connectivity index (χ0n) is 11.1. The number of rotatable bonds is 4. The summed E-state index contributed by atoms with van der Waals surface area (Å²) in [5.41, 5.74) is 1.46. The monoisotopic (exact) mass is 304 g/mol. The molecule has 2 aromatic carbocycles. The molecular weight excluding hydrogens is 292 g/mol. The minimum Gasteiger partial charge on any atom is -0.488 e. The fourth-order valence-electron chi connectivity index (χ4n) is 2.42. The van der Waals surface area contributed by atoms with E-state index in [1.807, 2.05) is 24.3 Å². The summed E-state index contributed by atoms with van der Waals surface area (Å²) in [5.74, 6) is 0.873. The first-order valence-electron chi connectivity index (χ1n) is 6.56. The third-order valence-corrected chi connectivity index (χ3v) is 3.72. The largest absolute Gasteiger partial charge is 0.488 e. The number of benzene rings is 2. The molecule has 2 aromatic rings. The van der Waals surface area contributed by atoms with Crippen LogP contribution in [0.2, 0.25) is 5.02 Å². The highest BCUT2D eigenvalue weighted by Crippen LogP contribution is 2.33. The maximum atomic E-state index is 11.0. The van der Waals surface area contributed by atoms with Crippen molar-refractivity contribution >= 4 is 23.0 Å². The van der Waals surface area contributed by atoms with Gasteiger partial charge >= 0.3 is 0 Å². The second kappa shape index (κ2) is 5.61. The molecule has 0 aromatic heterocycles. The lowest BCUT2D eigenvalue weighted by Crippen LogP contribution is -2.24. The van der Waals surface area contributed by atoms with Crippen LogP contribution >= 0.6 is 11.6 Å². The molecule has 3 rings (SSSR count). The number of hydrogen-bond donors (Lipinski definition) is 1. The summed E-state index contributed by atoms with van der Waals surface area (Å²) in [7, 11) is 0. The maximum Gasteiger partial charge on any atom is 0.293 e. The molecule has 5 nitrogen and oxygen atoms in total. The number of halogens is 1. The molecule has 108 valence electrons. The van der Waals surface area contributed by atoms with Crippen molar-refractivity contribution in [2.45, 2.75) is 12.5 Å². The van der Waals surface area contributed by atoms with E-state index in [1.54, 1.807) is 12.1 Å². The molecule has 0 aliphatic carbocycles. The molecule has 0 saturated heterocycles. The Hall–Kier alpha value is -2.27. The average molecular weight is 305 g/mol. The van der Waals surface area contributed by atoms with E-state index in [0.29, 0.717) is 17.3 Å². The molecule has 1 heterocycles. The van der Waals surface area contributed by atoms with Gasteiger partial charge in [0.05, 0.1) is 16.5 Å². The van der Waals surface area contributed by atoms with Gasteiger partial charge in [0.1, 0.15) is 17.5 Å². The van der Waals surface area contributed by atoms with Gasteiger partial charge in [-0.1, -0.05) is 35.9 Å². The van der Waals surface area contributed by atoms with E-state index in [9.17, 15) is 10.1 Å². The van der Waals surface area contributed by atoms with Gasteiger partial charge < -0.3 is 10.1 Å². The standard InChI is InChI=1S/C15H13ClN2O3/c16-12-5-3-6-13(18(19)20)15(12)17-9-11-8-10-4-1-2-7-14(10)21-11/h1-7,11,17H,8-9H2. The molecule has 0 amide bonds. The number of nitro benzene ring substituents is 1. The summed E-state index contributed by atoms with van der Waals surface area (Å²) in [5, 5.41) is 14.4. The normalized spacial score (nSPS) is 16.1. The van der Waals surface area contributed by atoms with Gasteiger partial charge in [-0.3, -0.25) is 10.1 Å². The van der Waals surface area contributed by atoms with Crippen LogP contribution in [0, 0.1) is 10.1 Å². The molecule has 1 unspecified atom stereocenters. The summed E-state index contributed by atoms with van der Waals surface area (Å²) in [6.07, 6.45) is 0.722. The average Bonchev–Trinajstić information content (AvgIpc) is 2.88. The Morgan fingerprint density at radius 2 is 2.10 bits per heavy atom. The fourth-order valence-corrected chi connectivity index (χ4v) is 2.66. The molecule has 0 spiro atoms. The van der Waals surface area contributed by atoms with Gasteiger partial charge in [0.2, 0.25) is 0 Å². The Morgan fingerprint density at radius 1 is 1.29 bits per heavy atom. The van der Waals surface area contributed by atoms with Crippen molar-refractivity contribution in [3.05, 3.63) is 63.2 Å². The van der Waals surface area contributed by atoms with Crippen molar-refractivity contribution in [3.8, 4) is 5.75 Å². The van der Waals surface area contributed by atoms with Crippen LogP contribution in [0.4, 0.5) is 11.4 Å². The zero-order chi connectivity index (χ0) is 14.8. The summed E-state index contributed by atoms with van der Waals surface area (Å²) in [6.45, 7) is 0.458. The van der Waals surface area contributed by atoms with E-state index in [4.69, 9.17) is 16.3 Å². The highest BCUT2D eigenvalue weighted by molar-refractivity contribution is 6.33. The van der Waals surface area contributed by atoms with Gasteiger partial charge in [-0.2, -0.15) is 0 Å². The van der Waals surface area contributed by atoms with E-state index >= 15 is 0 Å². The van der Waals surface area contributed by atoms with Gasteiger partial charge in [-0.15, -0.1) is 0 Å². The summed E-state index contributed by atoms with van der Waals surface area (Å²) < 4.78 is 5.79. The van der Waals surface area contributed by atoms with Crippen LogP contribution in [0.25, 0.3) is 0 Å². The van der Waals surface area contributed by atoms with E-state index in [-0.39, 0.29) is 11.8 Å². The molecule has 21 heavy (non-hydrogen) atoms. The molecule has 1 atom stereocenters. The van der Waals surface area contributed by atoms with Gasteiger partial charge in [0.15, 0.2) is 0 Å². The van der Waals surface area contributed by atoms with Crippen LogP contribution in [0.15, 0.2) is 42.5 Å². The lowest BCUT2D eigenvalue weighted by molar-refractivity contribution is -0.383. The molecule has 1 aliphatic heterocycles. The Bertz CT molecular complexity index is 665. The van der Waals surface area contributed by atoms with Crippen molar-refractivity contribution in [1.29, 1.82) is 0 Å². The molecule has 6 heteroatoms. The molecule has 0 bridgehead atoms. The highest BCUT2D eigenvalue weighted by atomic mass is 35.5. The molecule has 0 radical (unpaired) electrons. The summed E-state index contributed by atoms with van der Waals surface area (Å²) in [6, 6.07) is 12.5. The third kappa shape index (κ3) is 2.78. The smallest absolute Gasteiger partial charge is 0.293 e. The van der Waals surface area contributed by atoms with E-state index < -0.39 is 4.92 Å². The molecule has 1 N–H and O–H groups in total. The van der Waals surface area contributed by atoms with Crippen molar-refractivity contribution in [2.24, 2.45) is 0 Å². The lowest BCUT2D eigenvalue weighted by Gasteiger charge is -2.13. The number of fused-ring (bicyclic) bond motifs is 1. The Morgan fingerprint density at radius 3 is 2.86 bits per heavy atom. The number of nitro groups is 1. The molecular formula is C15H13ClN2O3. The Labute approximate surface area is 126 Å². The van der Waals surface area contributed by atoms with E-state index in [2.05, 4.69) is 5.32 Å². The number of anilines is 1.